The van der Waals surface area contributed by atoms with E-state index in [1.807, 2.05) is 73.7 Å². The number of carbonyl (C=O) groups excluding carboxylic acids is 2. The molecule has 0 aromatic heterocycles. The number of hydrogen-bond acceptors (Lipinski definition) is 4. The smallest absolute Gasteiger partial charge is 0.338 e. The average Bonchev–Trinajstić information content (AvgIpc) is 2.82. The van der Waals surface area contributed by atoms with Gasteiger partial charge in [0.2, 0.25) is 0 Å². The van der Waals surface area contributed by atoms with Gasteiger partial charge in [-0.1, -0.05) is 60.7 Å². The number of hydrogen-bond donors (Lipinski definition) is 1. The van der Waals surface area contributed by atoms with Gasteiger partial charge in [0.25, 0.3) is 0 Å². The molecule has 1 heterocycles. The molecule has 1 unspecified atom stereocenters. The molecule has 0 aliphatic carbocycles. The number of nitrogens with one attached hydrogen (secondary N) is 1. The Morgan fingerprint density at radius 3 is 2.42 bits per heavy atom. The van der Waals surface area contributed by atoms with Crippen molar-refractivity contribution >= 4 is 22.8 Å². The zero-order chi connectivity index (χ0) is 23.4. The van der Waals surface area contributed by atoms with E-state index in [1.165, 1.54) is 0 Å². The predicted octanol–water partition coefficient (Wildman–Crippen LogP) is 5.34. The van der Waals surface area contributed by atoms with E-state index in [0.29, 0.717) is 30.2 Å². The summed E-state index contributed by atoms with van der Waals surface area (Å²) in [6.45, 7) is 6.53. The van der Waals surface area contributed by atoms with Gasteiger partial charge >= 0.3 is 12.0 Å². The molecule has 0 spiro atoms. The molecule has 1 aliphatic rings. The predicted molar refractivity (Wildman–Crippen MR) is 128 cm³/mol. The molecule has 170 valence electrons. The third-order valence-corrected chi connectivity index (χ3v) is 5.79. The highest BCUT2D eigenvalue weighted by molar-refractivity contribution is 5.98. The molecule has 0 radical (unpaired) electrons. The highest BCUT2D eigenvalue weighted by Gasteiger charge is 2.38. The van der Waals surface area contributed by atoms with Gasteiger partial charge < -0.3 is 14.8 Å². The number of esters is 1. The minimum absolute atomic E-state index is 0.239. The molecule has 6 heteroatoms. The van der Waals surface area contributed by atoms with Crippen LogP contribution < -0.4 is 10.1 Å². The van der Waals surface area contributed by atoms with Gasteiger partial charge in [0, 0.05) is 11.3 Å². The second-order valence-corrected chi connectivity index (χ2v) is 7.81. The summed E-state index contributed by atoms with van der Waals surface area (Å²) in [5.41, 5.74) is 2.70. The fourth-order valence-corrected chi connectivity index (χ4v) is 4.28. The normalized spacial score (nSPS) is 16.0. The van der Waals surface area contributed by atoms with Crippen LogP contribution in [-0.4, -0.2) is 30.1 Å². The van der Waals surface area contributed by atoms with Crippen LogP contribution in [0.1, 0.15) is 37.9 Å². The number of allylic oxidation sites excluding steroid dienone is 1. The Hall–Kier alpha value is -3.80. The van der Waals surface area contributed by atoms with Crippen molar-refractivity contribution in [2.45, 2.75) is 33.4 Å². The first kappa shape index (κ1) is 22.4. The van der Waals surface area contributed by atoms with Crippen LogP contribution in [0.25, 0.3) is 10.8 Å². The molecule has 4 rings (SSSR count). The van der Waals surface area contributed by atoms with E-state index in [1.54, 1.807) is 18.7 Å². The fourth-order valence-electron chi connectivity index (χ4n) is 4.28. The van der Waals surface area contributed by atoms with Crippen molar-refractivity contribution in [2.75, 3.05) is 13.2 Å². The van der Waals surface area contributed by atoms with Crippen LogP contribution in [0.2, 0.25) is 0 Å². The standard InChI is InChI=1S/C27H28N2O4/c1-4-32-22-16-15-20-13-9-10-14-21(20)24(22)25-23(26(30)33-5-2)18(3)29(27(31)28-25)17-19-11-7-6-8-12-19/h6-16,25H,4-5,17H2,1-3H3,(H,28,31). The van der Waals surface area contributed by atoms with Crippen molar-refractivity contribution < 1.29 is 19.1 Å². The van der Waals surface area contributed by atoms with Crippen LogP contribution in [0, 0.1) is 0 Å². The van der Waals surface area contributed by atoms with Gasteiger partial charge in [-0.05, 0) is 43.2 Å². The zero-order valence-corrected chi connectivity index (χ0v) is 19.1. The Kier molecular flexibility index (Phi) is 6.63. The topological polar surface area (TPSA) is 67.9 Å². The number of carbonyl (C=O) groups is 2. The molecule has 0 saturated carbocycles. The van der Waals surface area contributed by atoms with E-state index in [0.717, 1.165) is 21.9 Å². The Labute approximate surface area is 193 Å². The molecular weight excluding hydrogens is 416 g/mol. The zero-order valence-electron chi connectivity index (χ0n) is 19.1. The Balaban J connectivity index is 1.89. The SMILES string of the molecule is CCOC(=O)C1=C(C)N(Cc2ccccc2)C(=O)NC1c1c(OCC)ccc2ccccc12. The van der Waals surface area contributed by atoms with Crippen molar-refractivity contribution in [3.05, 3.63) is 89.1 Å². The molecular formula is C27H28N2O4. The summed E-state index contributed by atoms with van der Waals surface area (Å²) in [6, 6.07) is 20.5. The highest BCUT2D eigenvalue weighted by Crippen LogP contribution is 2.40. The van der Waals surface area contributed by atoms with Crippen LogP contribution in [0.5, 0.6) is 5.75 Å². The second kappa shape index (κ2) is 9.77. The first-order valence-corrected chi connectivity index (χ1v) is 11.2. The maximum Gasteiger partial charge on any atom is 0.338 e. The van der Waals surface area contributed by atoms with Gasteiger partial charge in [-0.3, -0.25) is 4.90 Å². The lowest BCUT2D eigenvalue weighted by molar-refractivity contribution is -0.139. The van der Waals surface area contributed by atoms with E-state index in [-0.39, 0.29) is 12.6 Å². The van der Waals surface area contributed by atoms with Gasteiger partial charge in [-0.25, -0.2) is 9.59 Å². The maximum absolute atomic E-state index is 13.3. The van der Waals surface area contributed by atoms with Crippen LogP contribution in [0.3, 0.4) is 0 Å². The maximum atomic E-state index is 13.3. The third-order valence-electron chi connectivity index (χ3n) is 5.79. The Morgan fingerprint density at radius 2 is 1.70 bits per heavy atom. The number of urea groups is 1. The highest BCUT2D eigenvalue weighted by atomic mass is 16.5. The minimum Gasteiger partial charge on any atom is -0.493 e. The molecule has 2 amide bonds. The number of amides is 2. The van der Waals surface area contributed by atoms with Gasteiger partial charge in [-0.2, -0.15) is 0 Å². The first-order valence-electron chi connectivity index (χ1n) is 11.2. The summed E-state index contributed by atoms with van der Waals surface area (Å²) < 4.78 is 11.4. The molecule has 1 aliphatic heterocycles. The number of ether oxygens (including phenoxy) is 2. The number of rotatable bonds is 7. The van der Waals surface area contributed by atoms with Crippen molar-refractivity contribution in [2.24, 2.45) is 0 Å². The van der Waals surface area contributed by atoms with Gasteiger partial charge in [-0.15, -0.1) is 0 Å². The molecule has 33 heavy (non-hydrogen) atoms. The van der Waals surface area contributed by atoms with E-state index in [4.69, 9.17) is 9.47 Å². The van der Waals surface area contributed by atoms with Crippen molar-refractivity contribution in [3.63, 3.8) is 0 Å². The Morgan fingerprint density at radius 1 is 0.970 bits per heavy atom. The first-order chi connectivity index (χ1) is 16.0. The summed E-state index contributed by atoms with van der Waals surface area (Å²) in [5, 5.41) is 4.98. The molecule has 3 aromatic rings. The second-order valence-electron chi connectivity index (χ2n) is 7.81. The van der Waals surface area contributed by atoms with Gasteiger partial charge in [0.05, 0.1) is 31.4 Å². The van der Waals surface area contributed by atoms with Crippen LogP contribution >= 0.6 is 0 Å². The molecule has 1 N–H and O–H groups in total. The number of benzene rings is 3. The summed E-state index contributed by atoms with van der Waals surface area (Å²) in [7, 11) is 0. The fraction of sp³-hybridized carbons (Fsp3) is 0.259. The summed E-state index contributed by atoms with van der Waals surface area (Å²) in [4.78, 5) is 28.1. The lowest BCUT2D eigenvalue weighted by Gasteiger charge is -2.36. The number of nitrogens with zero attached hydrogens (tertiary/aromatic N) is 1. The Bertz CT molecular complexity index is 1200. The molecule has 0 fully saturated rings. The van der Waals surface area contributed by atoms with Crippen molar-refractivity contribution in [3.8, 4) is 5.75 Å². The molecule has 0 bridgehead atoms. The largest absolute Gasteiger partial charge is 0.493 e. The van der Waals surface area contributed by atoms with E-state index in [9.17, 15) is 9.59 Å². The average molecular weight is 445 g/mol. The van der Waals surface area contributed by atoms with E-state index < -0.39 is 12.0 Å². The van der Waals surface area contributed by atoms with Gasteiger partial charge in [0.15, 0.2) is 0 Å². The lowest BCUT2D eigenvalue weighted by Crippen LogP contribution is -2.47. The van der Waals surface area contributed by atoms with E-state index >= 15 is 0 Å². The molecule has 6 nitrogen and oxygen atoms in total. The molecule has 1 atom stereocenters. The number of fused-ring (bicyclic) bond motifs is 1. The van der Waals surface area contributed by atoms with Gasteiger partial charge in [0.1, 0.15) is 5.75 Å². The minimum atomic E-state index is -0.698. The van der Waals surface area contributed by atoms with Crippen LogP contribution in [-0.2, 0) is 16.1 Å². The quantitative estimate of drug-likeness (QED) is 0.500. The van der Waals surface area contributed by atoms with Crippen molar-refractivity contribution in [1.82, 2.24) is 10.2 Å². The molecule has 3 aromatic carbocycles. The van der Waals surface area contributed by atoms with Crippen LogP contribution in [0.15, 0.2) is 78.0 Å². The summed E-state index contributed by atoms with van der Waals surface area (Å²) in [5.74, 6) is 0.182. The van der Waals surface area contributed by atoms with Crippen molar-refractivity contribution in [1.29, 1.82) is 0 Å². The monoisotopic (exact) mass is 444 g/mol. The third kappa shape index (κ3) is 4.42. The molecule has 0 saturated heterocycles. The summed E-state index contributed by atoms with van der Waals surface area (Å²) >= 11 is 0. The summed E-state index contributed by atoms with van der Waals surface area (Å²) in [6.07, 6.45) is 0. The lowest BCUT2D eigenvalue weighted by atomic mass is 9.90. The van der Waals surface area contributed by atoms with E-state index in [2.05, 4.69) is 5.32 Å². The van der Waals surface area contributed by atoms with Crippen LogP contribution in [0.4, 0.5) is 4.79 Å².